The van der Waals surface area contributed by atoms with Crippen molar-refractivity contribution in [1.29, 1.82) is 0 Å². The number of H-pyrrole nitrogens is 1. The Morgan fingerprint density at radius 1 is 1.05 bits per heavy atom. The number of hydrogen-bond donors (Lipinski definition) is 4. The molecule has 2 atom stereocenters. The summed E-state index contributed by atoms with van der Waals surface area (Å²) >= 11 is 1.23. The van der Waals surface area contributed by atoms with Gasteiger partial charge in [-0.3, -0.25) is 24.0 Å². The smallest absolute Gasteiger partial charge is 0.273 e. The molecule has 4 bridgehead atoms. The van der Waals surface area contributed by atoms with Crippen molar-refractivity contribution in [3.63, 3.8) is 0 Å². The Hall–Kier alpha value is -5.11. The largest absolute Gasteiger partial charge is 0.446 e. The van der Waals surface area contributed by atoms with Crippen LogP contribution in [0.15, 0.2) is 69.5 Å². The van der Waals surface area contributed by atoms with Crippen molar-refractivity contribution in [3.05, 3.63) is 104 Å². The summed E-state index contributed by atoms with van der Waals surface area (Å²) in [5, 5.41) is 10.7. The zero-order chi connectivity index (χ0) is 31.2. The van der Waals surface area contributed by atoms with Gasteiger partial charge in [0.1, 0.15) is 23.0 Å². The molecule has 1 aromatic carbocycles. The summed E-state index contributed by atoms with van der Waals surface area (Å²) in [6, 6.07) is 10.8. The summed E-state index contributed by atoms with van der Waals surface area (Å²) < 4.78 is 5.66. The number of carbonyl (C=O) groups is 4. The highest BCUT2D eigenvalue weighted by molar-refractivity contribution is 7.09. The Bertz CT molecular complexity index is 1710. The predicted octanol–water partition coefficient (Wildman–Crippen LogP) is 2.23. The van der Waals surface area contributed by atoms with Crippen LogP contribution in [-0.4, -0.2) is 63.1 Å². The van der Waals surface area contributed by atoms with E-state index in [1.54, 1.807) is 5.38 Å². The third-order valence-corrected chi connectivity index (χ3v) is 7.88. The Morgan fingerprint density at radius 3 is 2.59 bits per heavy atom. The topological polar surface area (TPSA) is 179 Å². The lowest BCUT2D eigenvalue weighted by Crippen LogP contribution is -2.45. The third-order valence-electron chi connectivity index (χ3n) is 6.96. The summed E-state index contributed by atoms with van der Waals surface area (Å²) in [4.78, 5) is 77.4. The Kier molecular flexibility index (Phi) is 9.29. The van der Waals surface area contributed by atoms with Crippen LogP contribution in [0.25, 0.3) is 0 Å². The van der Waals surface area contributed by atoms with Gasteiger partial charge in [-0.2, -0.15) is 0 Å². The van der Waals surface area contributed by atoms with Crippen molar-refractivity contribution in [2.45, 2.75) is 32.4 Å². The molecule has 228 valence electrons. The van der Waals surface area contributed by atoms with E-state index < -0.39 is 41.3 Å². The Balaban J connectivity index is 1.47. The van der Waals surface area contributed by atoms with Gasteiger partial charge in [-0.15, -0.1) is 11.3 Å². The summed E-state index contributed by atoms with van der Waals surface area (Å²) in [5.74, 6) is -2.02. The number of nitrogens with zero attached hydrogens (tertiary/aromatic N) is 3. The summed E-state index contributed by atoms with van der Waals surface area (Å²) in [6.45, 7) is 3.41. The number of aromatic amines is 1. The highest BCUT2D eigenvalue weighted by Crippen LogP contribution is 2.26. The fourth-order valence-corrected chi connectivity index (χ4v) is 5.70. The van der Waals surface area contributed by atoms with E-state index in [2.05, 4.69) is 30.9 Å². The quantitative estimate of drug-likeness (QED) is 0.269. The Labute approximate surface area is 256 Å². The van der Waals surface area contributed by atoms with Crippen LogP contribution in [0.4, 0.5) is 0 Å². The van der Waals surface area contributed by atoms with E-state index in [1.807, 2.05) is 44.2 Å². The van der Waals surface area contributed by atoms with Crippen LogP contribution < -0.4 is 21.5 Å². The maximum absolute atomic E-state index is 13.4. The number of benzene rings is 1. The zero-order valence-corrected chi connectivity index (χ0v) is 24.8. The van der Waals surface area contributed by atoms with Crippen LogP contribution >= 0.6 is 11.3 Å². The highest BCUT2D eigenvalue weighted by atomic mass is 32.1. The first kappa shape index (κ1) is 30.4. The summed E-state index contributed by atoms with van der Waals surface area (Å²) in [6.07, 6.45) is 2.89. The van der Waals surface area contributed by atoms with Gasteiger partial charge in [0.15, 0.2) is 5.69 Å². The number of nitrogens with one attached hydrogen (secondary N) is 4. The van der Waals surface area contributed by atoms with Crippen molar-refractivity contribution < 1.29 is 23.6 Å². The minimum Gasteiger partial charge on any atom is -0.446 e. The number of amides is 4. The lowest BCUT2D eigenvalue weighted by molar-refractivity contribution is -0.122. The average Bonchev–Trinajstić information content (AvgIpc) is 3.70. The van der Waals surface area contributed by atoms with Crippen LogP contribution in [0.2, 0.25) is 0 Å². The van der Waals surface area contributed by atoms with Crippen LogP contribution in [0, 0.1) is 5.92 Å². The molecule has 0 unspecified atom stereocenters. The maximum Gasteiger partial charge on any atom is 0.273 e. The summed E-state index contributed by atoms with van der Waals surface area (Å²) in [5.41, 5.74) is 0.674. The molecular weight excluding hydrogens is 586 g/mol. The van der Waals surface area contributed by atoms with E-state index in [-0.39, 0.29) is 48.4 Å². The SMILES string of the molecule is CC(C)[C@@H]1NC(=O)CN(C(=O)c2cc[nH]c(=O)c2)CCNC(=O)c2coc(n2)[C@H](Cc2ccccc2)NC(=O)c2csc1n2. The second-order valence-electron chi connectivity index (χ2n) is 10.6. The minimum atomic E-state index is -0.710. The lowest BCUT2D eigenvalue weighted by Gasteiger charge is -2.25. The van der Waals surface area contributed by atoms with Crippen LogP contribution in [-0.2, 0) is 11.2 Å². The third kappa shape index (κ3) is 7.26. The van der Waals surface area contributed by atoms with Crippen molar-refractivity contribution in [1.82, 2.24) is 35.8 Å². The van der Waals surface area contributed by atoms with E-state index in [0.717, 1.165) is 11.6 Å². The number of carbonyl (C=O) groups excluding carboxylic acids is 4. The molecule has 1 aliphatic heterocycles. The molecule has 13 nitrogen and oxygen atoms in total. The van der Waals surface area contributed by atoms with Gasteiger partial charge < -0.3 is 30.3 Å². The predicted molar refractivity (Wildman–Crippen MR) is 160 cm³/mol. The van der Waals surface area contributed by atoms with Crippen molar-refractivity contribution >= 4 is 35.0 Å². The molecule has 0 fully saturated rings. The second-order valence-corrected chi connectivity index (χ2v) is 11.5. The number of hydrogen-bond acceptors (Lipinski definition) is 9. The molecule has 0 spiro atoms. The van der Waals surface area contributed by atoms with E-state index >= 15 is 0 Å². The first-order chi connectivity index (χ1) is 21.2. The molecular formula is C30H31N7O6S. The molecule has 4 heterocycles. The number of thiazole rings is 1. The molecule has 5 rings (SSSR count). The maximum atomic E-state index is 13.4. The van der Waals surface area contributed by atoms with Gasteiger partial charge in [-0.25, -0.2) is 9.97 Å². The average molecular weight is 618 g/mol. The van der Waals surface area contributed by atoms with E-state index in [1.165, 1.54) is 34.8 Å². The Morgan fingerprint density at radius 2 is 1.84 bits per heavy atom. The molecule has 4 amide bonds. The van der Waals surface area contributed by atoms with Gasteiger partial charge in [0, 0.05) is 42.7 Å². The minimum absolute atomic E-state index is 0.0170. The number of rotatable bonds is 4. The number of fused-ring (bicyclic) bond motifs is 4. The van der Waals surface area contributed by atoms with E-state index in [9.17, 15) is 24.0 Å². The van der Waals surface area contributed by atoms with Gasteiger partial charge in [0.25, 0.3) is 17.7 Å². The first-order valence-corrected chi connectivity index (χ1v) is 14.9. The standard InChI is InChI=1S/C30H31N7O6S/c1-17(2)25-29-35-22(16-44-29)27(41)33-20(12-18-6-4-3-5-7-18)28-34-21(15-43-28)26(40)32-10-11-37(14-24(39)36-25)30(42)19-8-9-31-23(38)13-19/h3-9,13,15-17,20,25H,10-12,14H2,1-2H3,(H,31,38)(H,32,40)(H,33,41)(H,36,39)/t20-,25-/m0/s1. The number of aromatic nitrogens is 3. The lowest BCUT2D eigenvalue weighted by atomic mass is 10.0. The van der Waals surface area contributed by atoms with E-state index in [4.69, 9.17) is 4.42 Å². The molecule has 44 heavy (non-hydrogen) atoms. The molecule has 14 heteroatoms. The number of pyridine rings is 1. The van der Waals surface area contributed by atoms with Crippen molar-refractivity contribution in [3.8, 4) is 0 Å². The molecule has 0 saturated heterocycles. The fourth-order valence-electron chi connectivity index (χ4n) is 4.68. The highest BCUT2D eigenvalue weighted by Gasteiger charge is 2.28. The molecule has 3 aromatic heterocycles. The van der Waals surface area contributed by atoms with Gasteiger partial charge >= 0.3 is 0 Å². The van der Waals surface area contributed by atoms with Crippen molar-refractivity contribution in [2.75, 3.05) is 19.6 Å². The van der Waals surface area contributed by atoms with Gasteiger partial charge in [0.05, 0.1) is 12.6 Å². The van der Waals surface area contributed by atoms with Crippen molar-refractivity contribution in [2.24, 2.45) is 5.92 Å². The summed E-state index contributed by atoms with van der Waals surface area (Å²) in [7, 11) is 0. The second kappa shape index (κ2) is 13.5. The fraction of sp³-hybridized carbons (Fsp3) is 0.300. The molecule has 4 N–H and O–H groups in total. The van der Waals surface area contributed by atoms with Gasteiger partial charge in [-0.1, -0.05) is 44.2 Å². The normalized spacial score (nSPS) is 18.2. The number of oxazole rings is 1. The molecule has 1 aliphatic rings. The van der Waals surface area contributed by atoms with Crippen LogP contribution in [0.1, 0.15) is 73.7 Å². The van der Waals surface area contributed by atoms with Gasteiger partial charge in [-0.05, 0) is 17.5 Å². The van der Waals surface area contributed by atoms with Gasteiger partial charge in [0.2, 0.25) is 17.4 Å². The van der Waals surface area contributed by atoms with E-state index in [0.29, 0.717) is 11.4 Å². The van der Waals surface area contributed by atoms with Crippen LogP contribution in [0.3, 0.4) is 0 Å². The molecule has 4 aromatic rings. The first-order valence-electron chi connectivity index (χ1n) is 14.0. The molecule has 0 aliphatic carbocycles. The monoisotopic (exact) mass is 617 g/mol. The molecule has 0 saturated carbocycles. The molecule has 0 radical (unpaired) electrons. The van der Waals surface area contributed by atoms with Crippen LogP contribution in [0.5, 0.6) is 0 Å². The zero-order valence-electron chi connectivity index (χ0n) is 24.0.